The van der Waals surface area contributed by atoms with Gasteiger partial charge in [0.25, 0.3) is 5.91 Å². The van der Waals surface area contributed by atoms with Gasteiger partial charge in [-0.3, -0.25) is 9.69 Å². The number of aromatic nitrogens is 2. The van der Waals surface area contributed by atoms with Crippen molar-refractivity contribution in [3.05, 3.63) is 35.9 Å². The van der Waals surface area contributed by atoms with Crippen molar-refractivity contribution in [2.45, 2.75) is 32.7 Å². The summed E-state index contributed by atoms with van der Waals surface area (Å²) in [6.45, 7) is 5.93. The van der Waals surface area contributed by atoms with Crippen molar-refractivity contribution in [2.75, 3.05) is 20.1 Å². The van der Waals surface area contributed by atoms with Crippen molar-refractivity contribution in [2.24, 2.45) is 5.92 Å². The van der Waals surface area contributed by atoms with E-state index in [-0.39, 0.29) is 5.91 Å². The van der Waals surface area contributed by atoms with Crippen LogP contribution in [0, 0.1) is 5.92 Å². The average molecular weight is 300 g/mol. The highest BCUT2D eigenvalue weighted by Gasteiger charge is 2.28. The second-order valence-electron chi connectivity index (χ2n) is 6.52. The quantitative estimate of drug-likeness (QED) is 0.944. The largest absolute Gasteiger partial charge is 0.350 e. The Bertz CT molecular complexity index is 676. The SMILES string of the molecule is CC(C)CNC(=O)c1nc([C@@H]2CCCN2C)n2ccccc12. The molecule has 3 heterocycles. The molecule has 0 bridgehead atoms. The third-order valence-corrected chi connectivity index (χ3v) is 4.28. The van der Waals surface area contributed by atoms with Crippen molar-refractivity contribution >= 4 is 11.4 Å². The minimum absolute atomic E-state index is 0.0794. The number of pyridine rings is 1. The number of fused-ring (bicyclic) bond motifs is 1. The predicted octanol–water partition coefficient (Wildman–Crippen LogP) is 2.49. The number of hydrogen-bond acceptors (Lipinski definition) is 3. The summed E-state index contributed by atoms with van der Waals surface area (Å²) in [5, 5.41) is 2.98. The molecule has 1 aliphatic heterocycles. The molecule has 118 valence electrons. The summed E-state index contributed by atoms with van der Waals surface area (Å²) in [6, 6.07) is 6.21. The fourth-order valence-electron chi connectivity index (χ4n) is 3.08. The van der Waals surface area contributed by atoms with Crippen molar-refractivity contribution in [3.8, 4) is 0 Å². The van der Waals surface area contributed by atoms with E-state index in [1.807, 2.05) is 24.4 Å². The van der Waals surface area contributed by atoms with Gasteiger partial charge in [-0.2, -0.15) is 0 Å². The maximum absolute atomic E-state index is 12.5. The summed E-state index contributed by atoms with van der Waals surface area (Å²) in [4.78, 5) is 19.5. The van der Waals surface area contributed by atoms with Crippen molar-refractivity contribution in [3.63, 3.8) is 0 Å². The third-order valence-electron chi connectivity index (χ3n) is 4.28. The summed E-state index contributed by atoms with van der Waals surface area (Å²) in [5.74, 6) is 1.33. The highest BCUT2D eigenvalue weighted by molar-refractivity contribution is 5.99. The van der Waals surface area contributed by atoms with E-state index in [4.69, 9.17) is 4.98 Å². The van der Waals surface area contributed by atoms with E-state index in [1.54, 1.807) is 0 Å². The van der Waals surface area contributed by atoms with Gasteiger partial charge in [0, 0.05) is 12.7 Å². The lowest BCUT2D eigenvalue weighted by molar-refractivity contribution is 0.0946. The molecule has 5 nitrogen and oxygen atoms in total. The summed E-state index contributed by atoms with van der Waals surface area (Å²) < 4.78 is 2.07. The highest BCUT2D eigenvalue weighted by Crippen LogP contribution is 2.30. The lowest BCUT2D eigenvalue weighted by atomic mass is 10.2. The summed E-state index contributed by atoms with van der Waals surface area (Å²) in [6.07, 6.45) is 4.28. The van der Waals surface area contributed by atoms with Gasteiger partial charge in [-0.25, -0.2) is 4.98 Å². The molecule has 22 heavy (non-hydrogen) atoms. The number of nitrogens with one attached hydrogen (secondary N) is 1. The first-order chi connectivity index (χ1) is 10.6. The number of hydrogen-bond donors (Lipinski definition) is 1. The molecule has 3 rings (SSSR count). The lowest BCUT2D eigenvalue weighted by Gasteiger charge is -2.17. The van der Waals surface area contributed by atoms with E-state index in [0.717, 1.165) is 24.3 Å². The van der Waals surface area contributed by atoms with Crippen LogP contribution in [0.1, 0.15) is 49.0 Å². The number of carbonyl (C=O) groups excluding carboxylic acids is 1. The number of nitrogens with zero attached hydrogens (tertiary/aromatic N) is 3. The van der Waals surface area contributed by atoms with Gasteiger partial charge in [0.15, 0.2) is 5.69 Å². The topological polar surface area (TPSA) is 49.6 Å². The molecule has 1 atom stereocenters. The maximum Gasteiger partial charge on any atom is 0.272 e. The Kier molecular flexibility index (Phi) is 4.16. The monoisotopic (exact) mass is 300 g/mol. The Morgan fingerprint density at radius 2 is 2.27 bits per heavy atom. The van der Waals surface area contributed by atoms with Crippen LogP contribution in [0.15, 0.2) is 24.4 Å². The van der Waals surface area contributed by atoms with Gasteiger partial charge in [-0.05, 0) is 44.5 Å². The molecule has 1 N–H and O–H groups in total. The van der Waals surface area contributed by atoms with Crippen LogP contribution in [-0.4, -0.2) is 40.3 Å². The Labute approximate surface area is 131 Å². The Balaban J connectivity index is 1.99. The van der Waals surface area contributed by atoms with Gasteiger partial charge in [-0.15, -0.1) is 0 Å². The molecular weight excluding hydrogens is 276 g/mol. The molecule has 5 heteroatoms. The lowest BCUT2D eigenvalue weighted by Crippen LogP contribution is -2.27. The van der Waals surface area contributed by atoms with Crippen molar-refractivity contribution in [1.82, 2.24) is 19.6 Å². The van der Waals surface area contributed by atoms with Crippen LogP contribution in [0.2, 0.25) is 0 Å². The van der Waals surface area contributed by atoms with Crippen molar-refractivity contribution in [1.29, 1.82) is 0 Å². The molecule has 1 fully saturated rings. The second kappa shape index (κ2) is 6.08. The zero-order chi connectivity index (χ0) is 15.7. The van der Waals surface area contributed by atoms with Crippen LogP contribution in [0.25, 0.3) is 5.52 Å². The number of rotatable bonds is 4. The smallest absolute Gasteiger partial charge is 0.272 e. The molecule has 1 saturated heterocycles. The van der Waals surface area contributed by atoms with Gasteiger partial charge in [0.05, 0.1) is 11.6 Å². The van der Waals surface area contributed by atoms with E-state index in [0.29, 0.717) is 24.2 Å². The second-order valence-corrected chi connectivity index (χ2v) is 6.52. The molecule has 0 aliphatic carbocycles. The molecule has 0 radical (unpaired) electrons. The fourth-order valence-corrected chi connectivity index (χ4v) is 3.08. The first-order valence-corrected chi connectivity index (χ1v) is 8.03. The molecule has 0 unspecified atom stereocenters. The van der Waals surface area contributed by atoms with E-state index in [9.17, 15) is 4.79 Å². The predicted molar refractivity (Wildman–Crippen MR) is 87.0 cm³/mol. The number of carbonyl (C=O) groups is 1. The van der Waals surface area contributed by atoms with Crippen LogP contribution in [0.3, 0.4) is 0 Å². The molecular formula is C17H24N4O. The van der Waals surface area contributed by atoms with E-state index in [1.165, 1.54) is 6.42 Å². The van der Waals surface area contributed by atoms with Crippen LogP contribution < -0.4 is 5.32 Å². The molecule has 0 aromatic carbocycles. The first kappa shape index (κ1) is 15.0. The van der Waals surface area contributed by atoms with E-state index in [2.05, 4.69) is 35.5 Å². The number of likely N-dealkylation sites (tertiary alicyclic amines) is 1. The summed E-state index contributed by atoms with van der Waals surface area (Å²) >= 11 is 0. The summed E-state index contributed by atoms with van der Waals surface area (Å²) in [7, 11) is 2.13. The van der Waals surface area contributed by atoms with E-state index >= 15 is 0 Å². The number of amides is 1. The average Bonchev–Trinajstić information content (AvgIpc) is 3.08. The zero-order valence-electron chi connectivity index (χ0n) is 13.5. The van der Waals surface area contributed by atoms with Crippen molar-refractivity contribution < 1.29 is 4.79 Å². The Morgan fingerprint density at radius 3 is 2.95 bits per heavy atom. The van der Waals surface area contributed by atoms with E-state index < -0.39 is 0 Å². The maximum atomic E-state index is 12.5. The van der Waals surface area contributed by atoms with Crippen LogP contribution in [0.4, 0.5) is 0 Å². The normalized spacial score (nSPS) is 19.2. The van der Waals surface area contributed by atoms with Gasteiger partial charge >= 0.3 is 0 Å². The Morgan fingerprint density at radius 1 is 1.45 bits per heavy atom. The van der Waals surface area contributed by atoms with Crippen LogP contribution in [-0.2, 0) is 0 Å². The molecule has 1 amide bonds. The summed E-state index contributed by atoms with van der Waals surface area (Å²) in [5.41, 5.74) is 1.43. The first-order valence-electron chi connectivity index (χ1n) is 8.03. The van der Waals surface area contributed by atoms with Crippen LogP contribution in [0.5, 0.6) is 0 Å². The highest BCUT2D eigenvalue weighted by atomic mass is 16.1. The fraction of sp³-hybridized carbons (Fsp3) is 0.529. The van der Waals surface area contributed by atoms with Gasteiger partial charge in [-0.1, -0.05) is 19.9 Å². The minimum Gasteiger partial charge on any atom is -0.350 e. The molecule has 0 spiro atoms. The van der Waals surface area contributed by atoms with Gasteiger partial charge < -0.3 is 9.72 Å². The van der Waals surface area contributed by atoms with Gasteiger partial charge in [0.1, 0.15) is 5.82 Å². The Hall–Kier alpha value is -1.88. The molecule has 0 saturated carbocycles. The van der Waals surface area contributed by atoms with Gasteiger partial charge in [0.2, 0.25) is 0 Å². The number of imidazole rings is 1. The third kappa shape index (κ3) is 2.73. The zero-order valence-corrected chi connectivity index (χ0v) is 13.5. The molecule has 2 aromatic rings. The molecule has 1 aliphatic rings. The standard InChI is InChI=1S/C17H24N4O/c1-12(2)11-18-17(22)15-13-7-4-5-10-21(13)16(19-15)14-8-6-9-20(14)3/h4-5,7,10,12,14H,6,8-9,11H2,1-3H3,(H,18,22)/t14-/m0/s1. The van der Waals surface area contributed by atoms with Crippen LogP contribution >= 0.6 is 0 Å². The molecule has 2 aromatic heterocycles. The minimum atomic E-state index is -0.0794.